The third kappa shape index (κ3) is 2.09. The Labute approximate surface area is 126 Å². The van der Waals surface area contributed by atoms with E-state index in [2.05, 4.69) is 15.1 Å². The van der Waals surface area contributed by atoms with Gasteiger partial charge in [-0.3, -0.25) is 4.98 Å². The van der Waals surface area contributed by atoms with Gasteiger partial charge in [0.1, 0.15) is 5.75 Å². The van der Waals surface area contributed by atoms with Gasteiger partial charge in [-0.2, -0.15) is 5.10 Å². The SMILES string of the molecule is Oc1cccc(-c2cnc3ccc(-c4cccnc4)nn23)c1. The molecule has 0 bridgehead atoms. The largest absolute Gasteiger partial charge is 0.508 e. The standard InChI is InChI=1S/C17H12N4O/c22-14-5-1-3-12(9-14)16-11-19-17-7-6-15(20-21(16)17)13-4-2-8-18-10-13/h1-11,22H. The van der Waals surface area contributed by atoms with Crippen LogP contribution >= 0.6 is 0 Å². The fourth-order valence-electron chi connectivity index (χ4n) is 2.40. The lowest BCUT2D eigenvalue weighted by Gasteiger charge is -2.04. The molecule has 106 valence electrons. The van der Waals surface area contributed by atoms with Crippen LogP contribution in [0.4, 0.5) is 0 Å². The van der Waals surface area contributed by atoms with Crippen LogP contribution in [0.3, 0.4) is 0 Å². The Morgan fingerprint density at radius 3 is 2.64 bits per heavy atom. The zero-order valence-electron chi connectivity index (χ0n) is 11.6. The molecule has 1 N–H and O–H groups in total. The average Bonchev–Trinajstić information content (AvgIpc) is 2.99. The number of phenols is 1. The first-order valence-corrected chi connectivity index (χ1v) is 6.86. The lowest BCUT2D eigenvalue weighted by atomic mass is 10.1. The van der Waals surface area contributed by atoms with Gasteiger partial charge < -0.3 is 5.11 Å². The van der Waals surface area contributed by atoms with Crippen molar-refractivity contribution in [3.63, 3.8) is 0 Å². The van der Waals surface area contributed by atoms with Crippen molar-refractivity contribution in [2.24, 2.45) is 0 Å². The zero-order valence-corrected chi connectivity index (χ0v) is 11.6. The van der Waals surface area contributed by atoms with Crippen molar-refractivity contribution in [2.45, 2.75) is 0 Å². The molecular weight excluding hydrogens is 276 g/mol. The maximum atomic E-state index is 9.66. The number of aromatic hydroxyl groups is 1. The van der Waals surface area contributed by atoms with Crippen LogP contribution < -0.4 is 0 Å². The molecule has 0 unspecified atom stereocenters. The number of nitrogens with zero attached hydrogens (tertiary/aromatic N) is 4. The van der Waals surface area contributed by atoms with Crippen LogP contribution in [0.15, 0.2) is 67.1 Å². The van der Waals surface area contributed by atoms with E-state index in [1.807, 2.05) is 30.3 Å². The van der Waals surface area contributed by atoms with Crippen molar-refractivity contribution in [1.29, 1.82) is 0 Å². The number of fused-ring (bicyclic) bond motifs is 1. The smallest absolute Gasteiger partial charge is 0.154 e. The number of pyridine rings is 1. The van der Waals surface area contributed by atoms with Gasteiger partial charge in [0.15, 0.2) is 5.65 Å². The molecular formula is C17H12N4O. The van der Waals surface area contributed by atoms with E-state index in [-0.39, 0.29) is 5.75 Å². The van der Waals surface area contributed by atoms with E-state index in [0.717, 1.165) is 28.2 Å². The predicted octanol–water partition coefficient (Wildman–Crippen LogP) is 3.16. The molecule has 0 atom stereocenters. The molecule has 0 aliphatic rings. The summed E-state index contributed by atoms with van der Waals surface area (Å²) in [5, 5.41) is 14.3. The summed E-state index contributed by atoms with van der Waals surface area (Å²) in [5.41, 5.74) is 4.21. The molecule has 0 spiro atoms. The highest BCUT2D eigenvalue weighted by Gasteiger charge is 2.09. The Bertz CT molecular complexity index is 947. The van der Waals surface area contributed by atoms with Crippen LogP contribution in [0.2, 0.25) is 0 Å². The van der Waals surface area contributed by atoms with E-state index in [9.17, 15) is 5.11 Å². The molecule has 22 heavy (non-hydrogen) atoms. The molecule has 0 radical (unpaired) electrons. The van der Waals surface area contributed by atoms with Crippen molar-refractivity contribution in [2.75, 3.05) is 0 Å². The van der Waals surface area contributed by atoms with Gasteiger partial charge in [0.05, 0.1) is 17.6 Å². The van der Waals surface area contributed by atoms with Gasteiger partial charge in [0.25, 0.3) is 0 Å². The van der Waals surface area contributed by atoms with Crippen molar-refractivity contribution < 1.29 is 5.11 Å². The van der Waals surface area contributed by atoms with Gasteiger partial charge in [-0.25, -0.2) is 9.50 Å². The maximum Gasteiger partial charge on any atom is 0.154 e. The first-order chi connectivity index (χ1) is 10.8. The second kappa shape index (κ2) is 4.96. The molecule has 5 heteroatoms. The van der Waals surface area contributed by atoms with Crippen LogP contribution in [0.5, 0.6) is 5.75 Å². The van der Waals surface area contributed by atoms with Gasteiger partial charge in [-0.1, -0.05) is 12.1 Å². The van der Waals surface area contributed by atoms with Crippen molar-refractivity contribution in [3.05, 3.63) is 67.1 Å². The highest BCUT2D eigenvalue weighted by molar-refractivity contribution is 5.66. The number of phenolic OH excluding ortho intramolecular Hbond substituents is 1. The van der Waals surface area contributed by atoms with Gasteiger partial charge in [0.2, 0.25) is 0 Å². The van der Waals surface area contributed by atoms with Gasteiger partial charge in [-0.05, 0) is 36.4 Å². The summed E-state index contributed by atoms with van der Waals surface area (Å²) in [6.45, 7) is 0. The molecule has 0 fully saturated rings. The molecule has 4 aromatic rings. The summed E-state index contributed by atoms with van der Waals surface area (Å²) >= 11 is 0. The molecule has 0 aliphatic heterocycles. The molecule has 0 amide bonds. The fourth-order valence-corrected chi connectivity index (χ4v) is 2.40. The van der Waals surface area contributed by atoms with Crippen molar-refractivity contribution in [3.8, 4) is 28.3 Å². The second-order valence-electron chi connectivity index (χ2n) is 4.92. The van der Waals surface area contributed by atoms with Gasteiger partial charge in [-0.15, -0.1) is 0 Å². The number of hydrogen-bond acceptors (Lipinski definition) is 4. The summed E-state index contributed by atoms with van der Waals surface area (Å²) in [5.74, 6) is 0.218. The van der Waals surface area contributed by atoms with E-state index in [0.29, 0.717) is 0 Å². The highest BCUT2D eigenvalue weighted by Crippen LogP contribution is 2.25. The quantitative estimate of drug-likeness (QED) is 0.615. The van der Waals surface area contributed by atoms with E-state index < -0.39 is 0 Å². The Morgan fingerprint density at radius 2 is 1.82 bits per heavy atom. The number of rotatable bonds is 2. The minimum atomic E-state index is 0.218. The molecule has 3 aromatic heterocycles. The Morgan fingerprint density at radius 1 is 0.909 bits per heavy atom. The van der Waals surface area contributed by atoms with E-state index in [4.69, 9.17) is 0 Å². The molecule has 0 aliphatic carbocycles. The highest BCUT2D eigenvalue weighted by atomic mass is 16.3. The molecule has 4 rings (SSSR count). The first-order valence-electron chi connectivity index (χ1n) is 6.86. The Kier molecular flexibility index (Phi) is 2.83. The third-order valence-electron chi connectivity index (χ3n) is 3.46. The molecule has 3 heterocycles. The predicted molar refractivity (Wildman–Crippen MR) is 83.3 cm³/mol. The first kappa shape index (κ1) is 12.5. The van der Waals surface area contributed by atoms with Crippen LogP contribution in [0.25, 0.3) is 28.2 Å². The number of imidazole rings is 1. The van der Waals surface area contributed by atoms with Gasteiger partial charge in [0, 0.05) is 23.5 Å². The summed E-state index contributed by atoms with van der Waals surface area (Å²) < 4.78 is 1.77. The molecule has 0 saturated heterocycles. The van der Waals surface area contributed by atoms with Crippen molar-refractivity contribution >= 4 is 5.65 Å². The molecule has 1 aromatic carbocycles. The number of benzene rings is 1. The van der Waals surface area contributed by atoms with Gasteiger partial charge >= 0.3 is 0 Å². The minimum Gasteiger partial charge on any atom is -0.508 e. The summed E-state index contributed by atoms with van der Waals surface area (Å²) in [6.07, 6.45) is 5.26. The van der Waals surface area contributed by atoms with Crippen molar-refractivity contribution in [1.82, 2.24) is 19.6 Å². The summed E-state index contributed by atoms with van der Waals surface area (Å²) in [7, 11) is 0. The average molecular weight is 288 g/mol. The minimum absolute atomic E-state index is 0.218. The monoisotopic (exact) mass is 288 g/mol. The summed E-state index contributed by atoms with van der Waals surface area (Å²) in [6, 6.07) is 14.7. The van der Waals surface area contributed by atoms with Crippen LogP contribution in [0.1, 0.15) is 0 Å². The fraction of sp³-hybridized carbons (Fsp3) is 0. The molecule has 5 nitrogen and oxygen atoms in total. The van der Waals surface area contributed by atoms with Crippen LogP contribution in [0, 0.1) is 0 Å². The second-order valence-corrected chi connectivity index (χ2v) is 4.92. The lowest BCUT2D eigenvalue weighted by molar-refractivity contribution is 0.475. The van der Waals surface area contributed by atoms with Crippen LogP contribution in [-0.4, -0.2) is 24.7 Å². The Balaban J connectivity index is 1.91. The third-order valence-corrected chi connectivity index (χ3v) is 3.46. The maximum absolute atomic E-state index is 9.66. The lowest BCUT2D eigenvalue weighted by Crippen LogP contribution is -1.96. The number of hydrogen-bond donors (Lipinski definition) is 1. The molecule has 0 saturated carbocycles. The van der Waals surface area contributed by atoms with E-state index >= 15 is 0 Å². The van der Waals surface area contributed by atoms with E-state index in [1.165, 1.54) is 0 Å². The zero-order chi connectivity index (χ0) is 14.9. The Hall–Kier alpha value is -3.21. The van der Waals surface area contributed by atoms with Crippen LogP contribution in [-0.2, 0) is 0 Å². The normalized spacial score (nSPS) is 10.9. The topological polar surface area (TPSA) is 63.3 Å². The summed E-state index contributed by atoms with van der Waals surface area (Å²) in [4.78, 5) is 8.49. The number of aromatic nitrogens is 4. The van der Waals surface area contributed by atoms with E-state index in [1.54, 1.807) is 41.3 Å².